The largest absolute Gasteiger partial charge is 0.493 e. The standard InChI is InChI=1S/C27H36N2O5/c1-7-13-29(14-8-2)22-12-10-19-20(16-23(22)31)21(28-17(3)30)11-9-18-15-24(32-4)26(33-5)27(34-6)25(18)19/h10,12,15-16,21H,7-9,11,13-14H2,1-6H3,(H,28,30)/t21-/m0/s1. The first-order chi connectivity index (χ1) is 16.4. The maximum absolute atomic E-state index is 13.5. The lowest BCUT2D eigenvalue weighted by molar-refractivity contribution is -0.119. The van der Waals surface area contributed by atoms with Crippen molar-refractivity contribution in [3.63, 3.8) is 0 Å². The molecule has 1 aliphatic rings. The van der Waals surface area contributed by atoms with Crippen LogP contribution in [0.1, 0.15) is 57.2 Å². The first kappa shape index (κ1) is 25.4. The van der Waals surface area contributed by atoms with Crippen LogP contribution >= 0.6 is 0 Å². The number of hydrogen-bond donors (Lipinski definition) is 1. The van der Waals surface area contributed by atoms with Gasteiger partial charge in [-0.3, -0.25) is 9.59 Å². The lowest BCUT2D eigenvalue weighted by atomic mass is 9.95. The van der Waals surface area contributed by atoms with Crippen LogP contribution in [0.25, 0.3) is 11.1 Å². The summed E-state index contributed by atoms with van der Waals surface area (Å²) in [6.07, 6.45) is 3.21. The predicted molar refractivity (Wildman–Crippen MR) is 135 cm³/mol. The number of ether oxygens (including phenoxy) is 3. The van der Waals surface area contributed by atoms with E-state index in [0.29, 0.717) is 35.8 Å². The second-order valence-corrected chi connectivity index (χ2v) is 8.55. The summed E-state index contributed by atoms with van der Waals surface area (Å²) in [5, 5.41) is 3.05. The van der Waals surface area contributed by atoms with E-state index >= 15 is 0 Å². The molecular weight excluding hydrogens is 432 g/mol. The highest BCUT2D eigenvalue weighted by molar-refractivity contribution is 5.83. The molecule has 0 radical (unpaired) electrons. The van der Waals surface area contributed by atoms with Crippen molar-refractivity contribution < 1.29 is 19.0 Å². The number of rotatable bonds is 9. The minimum absolute atomic E-state index is 0.0543. The maximum Gasteiger partial charge on any atom is 0.217 e. The van der Waals surface area contributed by atoms with Crippen LogP contribution in [0.4, 0.5) is 5.69 Å². The van der Waals surface area contributed by atoms with Gasteiger partial charge in [-0.2, -0.15) is 0 Å². The topological polar surface area (TPSA) is 77.1 Å². The Kier molecular flexibility index (Phi) is 8.42. The fraction of sp³-hybridized carbons (Fsp3) is 0.481. The molecule has 0 aromatic heterocycles. The second-order valence-electron chi connectivity index (χ2n) is 8.55. The Morgan fingerprint density at radius 2 is 1.71 bits per heavy atom. The van der Waals surface area contributed by atoms with Crippen molar-refractivity contribution >= 4 is 11.6 Å². The molecule has 0 saturated carbocycles. The number of nitrogens with zero attached hydrogens (tertiary/aromatic N) is 1. The monoisotopic (exact) mass is 468 g/mol. The first-order valence-corrected chi connectivity index (χ1v) is 11.9. The lowest BCUT2D eigenvalue weighted by Gasteiger charge is -2.22. The summed E-state index contributed by atoms with van der Waals surface area (Å²) in [7, 11) is 4.78. The Hall–Kier alpha value is -3.22. The van der Waals surface area contributed by atoms with E-state index < -0.39 is 0 Å². The normalized spacial score (nSPS) is 14.4. The minimum atomic E-state index is -0.305. The number of fused-ring (bicyclic) bond motifs is 3. The Morgan fingerprint density at radius 1 is 1.03 bits per heavy atom. The average Bonchev–Trinajstić information content (AvgIpc) is 3.06. The average molecular weight is 469 g/mol. The number of nitrogens with one attached hydrogen (secondary N) is 1. The molecule has 0 unspecified atom stereocenters. The molecule has 1 aliphatic carbocycles. The summed E-state index contributed by atoms with van der Waals surface area (Å²) in [6.45, 7) is 7.33. The van der Waals surface area contributed by atoms with Crippen molar-refractivity contribution in [1.29, 1.82) is 0 Å². The van der Waals surface area contributed by atoms with Crippen LogP contribution in [-0.4, -0.2) is 40.3 Å². The molecule has 2 aromatic carbocycles. The molecule has 3 rings (SSSR count). The van der Waals surface area contributed by atoms with Gasteiger partial charge in [0.05, 0.1) is 33.1 Å². The number of aryl methyl sites for hydroxylation is 1. The molecule has 0 bridgehead atoms. The zero-order chi connectivity index (χ0) is 24.8. The third kappa shape index (κ3) is 4.98. The van der Waals surface area contributed by atoms with Gasteiger partial charge in [0.2, 0.25) is 17.1 Å². The minimum Gasteiger partial charge on any atom is -0.493 e. The van der Waals surface area contributed by atoms with E-state index in [1.807, 2.05) is 18.2 Å². The lowest BCUT2D eigenvalue weighted by Crippen LogP contribution is -2.29. The van der Waals surface area contributed by atoms with Crippen molar-refractivity contribution in [2.75, 3.05) is 39.3 Å². The second kappa shape index (κ2) is 11.3. The molecule has 0 aliphatic heterocycles. The molecule has 0 spiro atoms. The smallest absolute Gasteiger partial charge is 0.217 e. The number of anilines is 1. The maximum atomic E-state index is 13.5. The molecule has 0 saturated heterocycles. The molecule has 0 heterocycles. The van der Waals surface area contributed by atoms with Gasteiger partial charge in [-0.25, -0.2) is 0 Å². The van der Waals surface area contributed by atoms with Gasteiger partial charge in [0.25, 0.3) is 0 Å². The van der Waals surface area contributed by atoms with Gasteiger partial charge in [-0.1, -0.05) is 19.9 Å². The molecule has 1 atom stereocenters. The third-order valence-corrected chi connectivity index (χ3v) is 6.22. The highest BCUT2D eigenvalue weighted by atomic mass is 16.5. The van der Waals surface area contributed by atoms with E-state index in [0.717, 1.165) is 48.2 Å². The number of carbonyl (C=O) groups is 1. The molecule has 7 heteroatoms. The Labute approximate surface area is 202 Å². The van der Waals surface area contributed by atoms with Crippen molar-refractivity contribution in [2.24, 2.45) is 0 Å². The molecule has 1 amide bonds. The van der Waals surface area contributed by atoms with Crippen LogP contribution in [0.15, 0.2) is 29.1 Å². The van der Waals surface area contributed by atoms with Gasteiger partial charge < -0.3 is 24.4 Å². The Bertz CT molecular complexity index is 1090. The third-order valence-electron chi connectivity index (χ3n) is 6.22. The van der Waals surface area contributed by atoms with Gasteiger partial charge in [-0.15, -0.1) is 0 Å². The molecule has 0 fully saturated rings. The highest BCUT2D eigenvalue weighted by Crippen LogP contribution is 2.50. The van der Waals surface area contributed by atoms with Gasteiger partial charge >= 0.3 is 0 Å². The van der Waals surface area contributed by atoms with Crippen LogP contribution in [0, 0.1) is 0 Å². The first-order valence-electron chi connectivity index (χ1n) is 11.9. The van der Waals surface area contributed by atoms with Gasteiger partial charge in [0.15, 0.2) is 11.5 Å². The summed E-state index contributed by atoms with van der Waals surface area (Å²) < 4.78 is 17.1. The number of carbonyl (C=O) groups excluding carboxylic acids is 1. The predicted octanol–water partition coefficient (Wildman–Crippen LogP) is 4.49. The number of benzene rings is 1. The summed E-state index contributed by atoms with van der Waals surface area (Å²) in [6, 6.07) is 7.23. The van der Waals surface area contributed by atoms with Crippen LogP contribution in [-0.2, 0) is 11.2 Å². The summed E-state index contributed by atoms with van der Waals surface area (Å²) in [5.41, 5.74) is 4.12. The van der Waals surface area contributed by atoms with Gasteiger partial charge in [0, 0.05) is 25.6 Å². The van der Waals surface area contributed by atoms with Gasteiger partial charge in [-0.05, 0) is 60.6 Å². The Balaban J connectivity index is 2.37. The number of hydrogen-bond acceptors (Lipinski definition) is 6. The fourth-order valence-electron chi connectivity index (χ4n) is 4.85. The van der Waals surface area contributed by atoms with Crippen molar-refractivity contribution in [3.8, 4) is 28.4 Å². The highest BCUT2D eigenvalue weighted by Gasteiger charge is 2.29. The fourth-order valence-corrected chi connectivity index (χ4v) is 4.85. The van der Waals surface area contributed by atoms with Crippen molar-refractivity contribution in [1.82, 2.24) is 5.32 Å². The molecule has 1 N–H and O–H groups in total. The van der Waals surface area contributed by atoms with E-state index in [2.05, 4.69) is 24.1 Å². The zero-order valence-electron chi connectivity index (χ0n) is 21.1. The van der Waals surface area contributed by atoms with Crippen LogP contribution in [0.2, 0.25) is 0 Å². The summed E-state index contributed by atoms with van der Waals surface area (Å²) >= 11 is 0. The molecule has 7 nitrogen and oxygen atoms in total. The van der Waals surface area contributed by atoms with Crippen LogP contribution in [0.3, 0.4) is 0 Å². The number of amides is 1. The summed E-state index contributed by atoms with van der Waals surface area (Å²) in [4.78, 5) is 27.7. The van der Waals surface area contributed by atoms with Crippen molar-refractivity contribution in [3.05, 3.63) is 45.6 Å². The van der Waals surface area contributed by atoms with E-state index in [1.165, 1.54) is 6.92 Å². The van der Waals surface area contributed by atoms with Crippen LogP contribution < -0.4 is 29.9 Å². The molecule has 34 heavy (non-hydrogen) atoms. The summed E-state index contributed by atoms with van der Waals surface area (Å²) in [5.74, 6) is 1.50. The molecule has 2 aromatic rings. The van der Waals surface area contributed by atoms with Crippen molar-refractivity contribution in [2.45, 2.75) is 52.5 Å². The van der Waals surface area contributed by atoms with E-state index in [-0.39, 0.29) is 17.4 Å². The van der Waals surface area contributed by atoms with E-state index in [1.54, 1.807) is 27.4 Å². The quantitative estimate of drug-likeness (QED) is 0.584. The molecule has 184 valence electrons. The van der Waals surface area contributed by atoms with Gasteiger partial charge in [0.1, 0.15) is 0 Å². The van der Waals surface area contributed by atoms with E-state index in [4.69, 9.17) is 14.2 Å². The Morgan fingerprint density at radius 3 is 2.26 bits per heavy atom. The molecular formula is C27H36N2O5. The van der Waals surface area contributed by atoms with Crippen LogP contribution in [0.5, 0.6) is 17.2 Å². The van der Waals surface area contributed by atoms with E-state index in [9.17, 15) is 9.59 Å². The number of methoxy groups -OCH3 is 3. The zero-order valence-corrected chi connectivity index (χ0v) is 21.1. The SMILES string of the molecule is CCCN(CCC)c1ccc2c(cc1=O)[C@@H](NC(C)=O)CCc1cc(OC)c(OC)c(OC)c1-2.